The Balaban J connectivity index is 1.12. The van der Waals surface area contributed by atoms with Crippen molar-refractivity contribution in [3.8, 4) is 50.2 Å². The second kappa shape index (κ2) is 13.9. The standard InChI is InChI=1S/C61H40N2/c1-4-18-41(19-5-1)42-32-34-45(35-33-42)62(59-40-53-51-27-13-17-31-58(51)63(44-22-8-3-9-23-44)60(53)39-52(59)43-20-6-2-7-21-43)46-36-37-50-49-26-12-16-30-56(49)61(57(50)38-46)54-28-14-10-24-47(54)48-25-11-15-29-55(48)61/h1-40H. The molecular formula is C61H40N2. The molecule has 2 aliphatic carbocycles. The van der Waals surface area contributed by atoms with E-state index < -0.39 is 5.41 Å². The highest BCUT2D eigenvalue weighted by Gasteiger charge is 2.51. The zero-order valence-corrected chi connectivity index (χ0v) is 34.5. The Hall–Kier alpha value is -8.20. The number of para-hydroxylation sites is 2. The number of hydrogen-bond acceptors (Lipinski definition) is 1. The van der Waals surface area contributed by atoms with Gasteiger partial charge in [-0.1, -0.05) is 188 Å². The van der Waals surface area contributed by atoms with E-state index in [0.29, 0.717) is 0 Å². The van der Waals surface area contributed by atoms with Crippen molar-refractivity contribution in [3.05, 3.63) is 265 Å². The molecule has 0 saturated heterocycles. The van der Waals surface area contributed by atoms with Crippen LogP contribution in [0.15, 0.2) is 243 Å². The van der Waals surface area contributed by atoms with Gasteiger partial charge in [0.2, 0.25) is 0 Å². The van der Waals surface area contributed by atoms with Crippen LogP contribution in [0.1, 0.15) is 22.3 Å². The van der Waals surface area contributed by atoms with Crippen molar-refractivity contribution in [2.24, 2.45) is 0 Å². The van der Waals surface area contributed by atoms with Crippen molar-refractivity contribution in [3.63, 3.8) is 0 Å². The Labute approximate surface area is 367 Å². The average molecular weight is 801 g/mol. The van der Waals surface area contributed by atoms with E-state index in [4.69, 9.17) is 0 Å². The molecule has 294 valence electrons. The van der Waals surface area contributed by atoms with Gasteiger partial charge in [-0.05, 0) is 116 Å². The van der Waals surface area contributed by atoms with Gasteiger partial charge in [0.05, 0.1) is 22.1 Å². The third-order valence-corrected chi connectivity index (χ3v) is 13.6. The first-order chi connectivity index (χ1) is 31.3. The Morgan fingerprint density at radius 3 is 1.43 bits per heavy atom. The van der Waals surface area contributed by atoms with Gasteiger partial charge in [-0.2, -0.15) is 0 Å². The normalized spacial score (nSPS) is 12.9. The molecule has 0 saturated carbocycles. The summed E-state index contributed by atoms with van der Waals surface area (Å²) < 4.78 is 2.42. The van der Waals surface area contributed by atoms with Gasteiger partial charge in [0.1, 0.15) is 0 Å². The Bertz CT molecular complexity index is 3480. The molecule has 63 heavy (non-hydrogen) atoms. The fraction of sp³-hybridized carbons (Fsp3) is 0.0164. The van der Waals surface area contributed by atoms with Gasteiger partial charge in [-0.15, -0.1) is 0 Å². The first-order valence-corrected chi connectivity index (χ1v) is 21.8. The third kappa shape index (κ3) is 5.19. The van der Waals surface area contributed by atoms with Crippen LogP contribution in [-0.4, -0.2) is 4.57 Å². The molecule has 0 N–H and O–H groups in total. The summed E-state index contributed by atoms with van der Waals surface area (Å²) in [5, 5.41) is 2.43. The van der Waals surface area contributed by atoms with Crippen molar-refractivity contribution in [2.75, 3.05) is 4.90 Å². The molecule has 11 aromatic rings. The third-order valence-electron chi connectivity index (χ3n) is 13.6. The molecule has 0 aliphatic heterocycles. The van der Waals surface area contributed by atoms with Gasteiger partial charge in [0.15, 0.2) is 0 Å². The number of hydrogen-bond donors (Lipinski definition) is 0. The van der Waals surface area contributed by atoms with E-state index in [1.807, 2.05) is 0 Å². The van der Waals surface area contributed by atoms with Crippen LogP contribution in [0.4, 0.5) is 17.1 Å². The molecule has 0 unspecified atom stereocenters. The van der Waals surface area contributed by atoms with E-state index in [2.05, 4.69) is 252 Å². The van der Waals surface area contributed by atoms with Gasteiger partial charge in [-0.25, -0.2) is 0 Å². The van der Waals surface area contributed by atoms with Crippen LogP contribution in [0.5, 0.6) is 0 Å². The molecule has 2 nitrogen and oxygen atoms in total. The average Bonchev–Trinajstić information content (AvgIpc) is 3.96. The summed E-state index contributed by atoms with van der Waals surface area (Å²) in [6, 6.07) is 89.6. The van der Waals surface area contributed by atoms with E-state index in [0.717, 1.165) is 33.9 Å². The van der Waals surface area contributed by atoms with Gasteiger partial charge in [-0.3, -0.25) is 0 Å². The van der Waals surface area contributed by atoms with Crippen molar-refractivity contribution >= 4 is 38.9 Å². The molecule has 2 heteroatoms. The van der Waals surface area contributed by atoms with E-state index >= 15 is 0 Å². The molecule has 0 radical (unpaired) electrons. The monoisotopic (exact) mass is 800 g/mol. The fourth-order valence-electron chi connectivity index (χ4n) is 11.0. The molecule has 0 bridgehead atoms. The zero-order chi connectivity index (χ0) is 41.5. The second-order valence-electron chi connectivity index (χ2n) is 16.8. The SMILES string of the molecule is c1ccc(-c2ccc(N(c3ccc4c(c3)C3(c5ccccc5-c5ccccc53)c3ccccc3-4)c3cc4c5ccccc5n(-c5ccccc5)c4cc3-c3ccccc3)cc2)cc1. The van der Waals surface area contributed by atoms with Gasteiger partial charge < -0.3 is 9.47 Å². The summed E-state index contributed by atoms with van der Waals surface area (Å²) >= 11 is 0. The molecule has 0 atom stereocenters. The molecule has 10 aromatic carbocycles. The van der Waals surface area contributed by atoms with Crippen LogP contribution < -0.4 is 4.90 Å². The van der Waals surface area contributed by atoms with Crippen LogP contribution >= 0.6 is 0 Å². The maximum atomic E-state index is 2.51. The minimum absolute atomic E-state index is 0.465. The Morgan fingerprint density at radius 2 is 0.794 bits per heavy atom. The lowest BCUT2D eigenvalue weighted by atomic mass is 9.70. The quantitative estimate of drug-likeness (QED) is 0.163. The lowest BCUT2D eigenvalue weighted by Gasteiger charge is -2.33. The van der Waals surface area contributed by atoms with E-state index in [-0.39, 0.29) is 0 Å². The predicted octanol–water partition coefficient (Wildman–Crippen LogP) is 15.9. The molecule has 1 spiro atoms. The largest absolute Gasteiger partial charge is 0.310 e. The molecular weight excluding hydrogens is 761 g/mol. The van der Waals surface area contributed by atoms with Crippen LogP contribution in [0.25, 0.3) is 72.0 Å². The topological polar surface area (TPSA) is 8.17 Å². The number of anilines is 3. The lowest BCUT2D eigenvalue weighted by Crippen LogP contribution is -2.26. The number of aromatic nitrogens is 1. The minimum Gasteiger partial charge on any atom is -0.310 e. The van der Waals surface area contributed by atoms with Crippen molar-refractivity contribution in [1.29, 1.82) is 0 Å². The van der Waals surface area contributed by atoms with Crippen molar-refractivity contribution < 1.29 is 0 Å². The van der Waals surface area contributed by atoms with Gasteiger partial charge >= 0.3 is 0 Å². The summed E-state index contributed by atoms with van der Waals surface area (Å²) in [7, 11) is 0. The smallest absolute Gasteiger partial charge is 0.0726 e. The van der Waals surface area contributed by atoms with E-state index in [1.165, 1.54) is 77.4 Å². The summed E-state index contributed by atoms with van der Waals surface area (Å²) in [5.41, 5.74) is 21.6. The van der Waals surface area contributed by atoms with Gasteiger partial charge in [0.25, 0.3) is 0 Å². The van der Waals surface area contributed by atoms with Gasteiger partial charge in [0, 0.05) is 33.4 Å². The molecule has 1 aromatic heterocycles. The maximum Gasteiger partial charge on any atom is 0.0726 e. The summed E-state index contributed by atoms with van der Waals surface area (Å²) in [6.45, 7) is 0. The van der Waals surface area contributed by atoms with Crippen molar-refractivity contribution in [1.82, 2.24) is 4.57 Å². The number of fused-ring (bicyclic) bond motifs is 13. The lowest BCUT2D eigenvalue weighted by molar-refractivity contribution is 0.793. The number of benzene rings is 10. The highest BCUT2D eigenvalue weighted by atomic mass is 15.1. The summed E-state index contributed by atoms with van der Waals surface area (Å²) in [5.74, 6) is 0. The second-order valence-corrected chi connectivity index (χ2v) is 16.8. The van der Waals surface area contributed by atoms with E-state index in [1.54, 1.807) is 0 Å². The Morgan fingerprint density at radius 1 is 0.302 bits per heavy atom. The first kappa shape index (κ1) is 35.5. The zero-order valence-electron chi connectivity index (χ0n) is 34.5. The van der Waals surface area contributed by atoms with Crippen LogP contribution in [-0.2, 0) is 5.41 Å². The predicted molar refractivity (Wildman–Crippen MR) is 263 cm³/mol. The van der Waals surface area contributed by atoms with Crippen LogP contribution in [0, 0.1) is 0 Å². The summed E-state index contributed by atoms with van der Waals surface area (Å²) in [6.07, 6.45) is 0. The molecule has 13 rings (SSSR count). The Kier molecular flexibility index (Phi) is 7.85. The molecule has 1 heterocycles. The maximum absolute atomic E-state index is 2.51. The highest BCUT2D eigenvalue weighted by molar-refractivity contribution is 6.13. The molecule has 0 fully saturated rings. The number of nitrogens with zero attached hydrogens (tertiary/aromatic N) is 2. The highest BCUT2D eigenvalue weighted by Crippen LogP contribution is 2.63. The molecule has 2 aliphatic rings. The van der Waals surface area contributed by atoms with Crippen molar-refractivity contribution in [2.45, 2.75) is 5.41 Å². The number of rotatable bonds is 6. The first-order valence-electron chi connectivity index (χ1n) is 21.8. The summed E-state index contributed by atoms with van der Waals surface area (Å²) in [4.78, 5) is 2.51. The fourth-order valence-corrected chi connectivity index (χ4v) is 11.0. The van der Waals surface area contributed by atoms with Crippen LogP contribution in [0.3, 0.4) is 0 Å². The van der Waals surface area contributed by atoms with E-state index in [9.17, 15) is 0 Å². The minimum atomic E-state index is -0.465. The van der Waals surface area contributed by atoms with Crippen LogP contribution in [0.2, 0.25) is 0 Å². The molecule has 0 amide bonds.